The summed E-state index contributed by atoms with van der Waals surface area (Å²) in [6.07, 6.45) is 3.19. The molecule has 0 spiro atoms. The maximum absolute atomic E-state index is 13.7. The molecule has 1 heterocycles. The normalized spacial score (nSPS) is 17.1. The molecule has 0 bridgehead atoms. The molecule has 1 unspecified atom stereocenters. The van der Waals surface area contributed by atoms with E-state index in [0.29, 0.717) is 18.0 Å². The highest BCUT2D eigenvalue weighted by Gasteiger charge is 2.47. The topological polar surface area (TPSA) is 48.0 Å². The highest BCUT2D eigenvalue weighted by molar-refractivity contribution is 5.72. The Labute approximate surface area is 202 Å². The van der Waals surface area contributed by atoms with E-state index in [9.17, 15) is 4.79 Å². The summed E-state index contributed by atoms with van der Waals surface area (Å²) in [5, 5.41) is 0. The molecule has 0 aliphatic carbocycles. The molecule has 4 rings (SSSR count). The van der Waals surface area contributed by atoms with Crippen molar-refractivity contribution in [2.75, 3.05) is 20.8 Å². The average molecular weight is 460 g/mol. The third-order valence-corrected chi connectivity index (χ3v) is 6.69. The summed E-state index contributed by atoms with van der Waals surface area (Å²) in [5.41, 5.74) is 3.64. The van der Waals surface area contributed by atoms with Crippen molar-refractivity contribution in [3.63, 3.8) is 0 Å². The zero-order valence-electron chi connectivity index (χ0n) is 20.3. The fourth-order valence-electron chi connectivity index (χ4n) is 5.00. The molecule has 0 saturated carbocycles. The molecule has 1 aliphatic rings. The molecule has 0 aromatic heterocycles. The Kier molecular flexibility index (Phi) is 7.41. The SMILES string of the molecule is CCCCC1(c2ccccc2)c2cc(OC)c(OC)cc2CCN1C(=O)OCc1ccccc1. The lowest BCUT2D eigenvalue weighted by Crippen LogP contribution is -2.54. The van der Waals surface area contributed by atoms with Gasteiger partial charge in [0.1, 0.15) is 6.61 Å². The predicted molar refractivity (Wildman–Crippen MR) is 133 cm³/mol. The molecule has 3 aromatic carbocycles. The molecule has 5 heteroatoms. The van der Waals surface area contributed by atoms with Crippen molar-refractivity contribution in [2.24, 2.45) is 0 Å². The first kappa shape index (κ1) is 23.7. The van der Waals surface area contributed by atoms with Gasteiger partial charge in [-0.05, 0) is 47.2 Å². The van der Waals surface area contributed by atoms with Crippen molar-refractivity contribution < 1.29 is 19.0 Å². The van der Waals surface area contributed by atoms with Crippen LogP contribution in [-0.4, -0.2) is 31.8 Å². The zero-order chi connectivity index (χ0) is 24.0. The number of methoxy groups -OCH3 is 2. The van der Waals surface area contributed by atoms with Crippen LogP contribution < -0.4 is 9.47 Å². The second kappa shape index (κ2) is 10.6. The summed E-state index contributed by atoms with van der Waals surface area (Å²) in [6.45, 7) is 2.98. The van der Waals surface area contributed by atoms with E-state index in [1.807, 2.05) is 59.5 Å². The van der Waals surface area contributed by atoms with E-state index in [-0.39, 0.29) is 12.7 Å². The molecule has 5 nitrogen and oxygen atoms in total. The Balaban J connectivity index is 1.83. The maximum Gasteiger partial charge on any atom is 0.411 e. The van der Waals surface area contributed by atoms with Gasteiger partial charge in [-0.25, -0.2) is 4.79 Å². The van der Waals surface area contributed by atoms with Crippen LogP contribution in [0.15, 0.2) is 72.8 Å². The molecule has 0 fully saturated rings. The van der Waals surface area contributed by atoms with Crippen molar-refractivity contribution >= 4 is 6.09 Å². The van der Waals surface area contributed by atoms with Gasteiger partial charge >= 0.3 is 6.09 Å². The van der Waals surface area contributed by atoms with E-state index in [1.54, 1.807) is 14.2 Å². The lowest BCUT2D eigenvalue weighted by atomic mass is 9.72. The van der Waals surface area contributed by atoms with Crippen molar-refractivity contribution in [3.8, 4) is 11.5 Å². The van der Waals surface area contributed by atoms with Gasteiger partial charge < -0.3 is 14.2 Å². The van der Waals surface area contributed by atoms with Crippen molar-refractivity contribution in [1.82, 2.24) is 4.90 Å². The van der Waals surface area contributed by atoms with Gasteiger partial charge in [0, 0.05) is 6.54 Å². The van der Waals surface area contributed by atoms with Crippen LogP contribution in [0.5, 0.6) is 11.5 Å². The van der Waals surface area contributed by atoms with Crippen LogP contribution in [0, 0.1) is 0 Å². The molecule has 34 heavy (non-hydrogen) atoms. The van der Waals surface area contributed by atoms with Crippen LogP contribution in [-0.2, 0) is 23.3 Å². The summed E-state index contributed by atoms with van der Waals surface area (Å²) >= 11 is 0. The number of ether oxygens (including phenoxy) is 3. The first-order chi connectivity index (χ1) is 16.6. The average Bonchev–Trinajstić information content (AvgIpc) is 2.90. The molecule has 0 radical (unpaired) electrons. The second-order valence-electron chi connectivity index (χ2n) is 8.64. The zero-order valence-corrected chi connectivity index (χ0v) is 20.3. The van der Waals surface area contributed by atoms with Crippen LogP contribution in [0.1, 0.15) is 48.4 Å². The van der Waals surface area contributed by atoms with E-state index in [4.69, 9.17) is 14.2 Å². The quantitative estimate of drug-likeness (QED) is 0.395. The van der Waals surface area contributed by atoms with Gasteiger partial charge in [0.25, 0.3) is 0 Å². The Morgan fingerprint density at radius 1 is 0.941 bits per heavy atom. The summed E-state index contributed by atoms with van der Waals surface area (Å²) in [6, 6.07) is 24.2. The number of unbranched alkanes of at least 4 members (excludes halogenated alkanes) is 1. The second-order valence-corrected chi connectivity index (χ2v) is 8.64. The molecular formula is C29H33NO4. The molecule has 1 aliphatic heterocycles. The number of carbonyl (C=O) groups excluding carboxylic acids is 1. The van der Waals surface area contributed by atoms with E-state index < -0.39 is 5.54 Å². The van der Waals surface area contributed by atoms with Crippen LogP contribution in [0.4, 0.5) is 4.79 Å². The third-order valence-electron chi connectivity index (χ3n) is 6.69. The molecule has 1 amide bonds. The fraction of sp³-hybridized carbons (Fsp3) is 0.345. The van der Waals surface area contributed by atoms with Crippen molar-refractivity contribution in [1.29, 1.82) is 0 Å². The first-order valence-corrected chi connectivity index (χ1v) is 11.9. The molecule has 0 N–H and O–H groups in total. The Hall–Kier alpha value is -3.47. The van der Waals surface area contributed by atoms with Crippen LogP contribution in [0.2, 0.25) is 0 Å². The van der Waals surface area contributed by atoms with Gasteiger partial charge in [0.15, 0.2) is 11.5 Å². The first-order valence-electron chi connectivity index (χ1n) is 11.9. The molecular weight excluding hydrogens is 426 g/mol. The van der Waals surface area contributed by atoms with E-state index >= 15 is 0 Å². The molecule has 1 atom stereocenters. The van der Waals surface area contributed by atoms with Gasteiger partial charge in [-0.2, -0.15) is 0 Å². The van der Waals surface area contributed by atoms with Crippen molar-refractivity contribution in [3.05, 3.63) is 95.1 Å². The number of hydrogen-bond acceptors (Lipinski definition) is 4. The largest absolute Gasteiger partial charge is 0.493 e. The maximum atomic E-state index is 13.7. The lowest BCUT2D eigenvalue weighted by Gasteiger charge is -2.48. The monoisotopic (exact) mass is 459 g/mol. The van der Waals surface area contributed by atoms with E-state index in [0.717, 1.165) is 42.4 Å². The van der Waals surface area contributed by atoms with Gasteiger partial charge in [0.2, 0.25) is 0 Å². The molecule has 0 saturated heterocycles. The summed E-state index contributed by atoms with van der Waals surface area (Å²) in [5.74, 6) is 1.37. The van der Waals surface area contributed by atoms with E-state index in [1.165, 1.54) is 5.56 Å². The highest BCUT2D eigenvalue weighted by atomic mass is 16.6. The minimum absolute atomic E-state index is 0.244. The van der Waals surface area contributed by atoms with Gasteiger partial charge in [-0.1, -0.05) is 80.4 Å². The summed E-state index contributed by atoms with van der Waals surface area (Å²) in [7, 11) is 3.30. The van der Waals surface area contributed by atoms with Gasteiger partial charge in [0.05, 0.1) is 19.8 Å². The Bertz CT molecular complexity index is 1100. The third kappa shape index (κ3) is 4.47. The Morgan fingerprint density at radius 2 is 1.59 bits per heavy atom. The number of rotatable bonds is 8. The van der Waals surface area contributed by atoms with Gasteiger partial charge in [-0.3, -0.25) is 4.90 Å². The summed E-state index contributed by atoms with van der Waals surface area (Å²) < 4.78 is 17.1. The van der Waals surface area contributed by atoms with E-state index in [2.05, 4.69) is 25.1 Å². The van der Waals surface area contributed by atoms with Crippen LogP contribution in [0.25, 0.3) is 0 Å². The van der Waals surface area contributed by atoms with Crippen LogP contribution in [0.3, 0.4) is 0 Å². The lowest BCUT2D eigenvalue weighted by molar-refractivity contribution is 0.0480. The number of benzene rings is 3. The van der Waals surface area contributed by atoms with Crippen LogP contribution >= 0.6 is 0 Å². The molecule has 3 aromatic rings. The highest BCUT2D eigenvalue weighted by Crippen LogP contribution is 2.48. The van der Waals surface area contributed by atoms with Crippen molar-refractivity contribution in [2.45, 2.75) is 44.8 Å². The number of amides is 1. The summed E-state index contributed by atoms with van der Waals surface area (Å²) in [4.78, 5) is 15.6. The number of carbonyl (C=O) groups is 1. The number of hydrogen-bond donors (Lipinski definition) is 0. The minimum atomic E-state index is -0.655. The Morgan fingerprint density at radius 3 is 2.24 bits per heavy atom. The van der Waals surface area contributed by atoms with Gasteiger partial charge in [-0.15, -0.1) is 0 Å². The molecule has 178 valence electrons. The number of nitrogens with zero attached hydrogens (tertiary/aromatic N) is 1. The smallest absolute Gasteiger partial charge is 0.411 e. The fourth-order valence-corrected chi connectivity index (χ4v) is 5.00. The standard InChI is InChI=1S/C29H33NO4/c1-4-5-17-29(24-14-10-7-11-15-24)25-20-27(33-3)26(32-2)19-23(25)16-18-30(29)28(31)34-21-22-12-8-6-9-13-22/h6-15,19-20H,4-5,16-18,21H2,1-3H3. The number of fused-ring (bicyclic) bond motifs is 1. The predicted octanol–water partition coefficient (Wildman–Crippen LogP) is 6.33. The minimum Gasteiger partial charge on any atom is -0.493 e.